The van der Waals surface area contributed by atoms with Gasteiger partial charge in [-0.25, -0.2) is 13.4 Å². The number of benzene rings is 1. The van der Waals surface area contributed by atoms with E-state index < -0.39 is 10.0 Å². The van der Waals surface area contributed by atoms with Crippen LogP contribution in [0.5, 0.6) is 0 Å². The normalized spacial score (nSPS) is 11.6. The van der Waals surface area contributed by atoms with Crippen molar-refractivity contribution >= 4 is 38.1 Å². The Labute approximate surface area is 134 Å². The molecule has 0 atom stereocenters. The van der Waals surface area contributed by atoms with Crippen molar-refractivity contribution in [2.45, 2.75) is 38.5 Å². The Morgan fingerprint density at radius 1 is 1.33 bits per heavy atom. The van der Waals surface area contributed by atoms with Crippen molar-refractivity contribution < 1.29 is 8.42 Å². The molecule has 0 unspecified atom stereocenters. The molecule has 0 aliphatic rings. The molecule has 0 aliphatic heterocycles. The minimum atomic E-state index is -3.67. The van der Waals surface area contributed by atoms with Gasteiger partial charge in [0.25, 0.3) is 10.0 Å². The fourth-order valence-corrected chi connectivity index (χ4v) is 4.78. The van der Waals surface area contributed by atoms with Crippen molar-refractivity contribution in [3.8, 4) is 0 Å². The number of aryl methyl sites for hydroxylation is 2. The van der Waals surface area contributed by atoms with E-state index in [9.17, 15) is 8.42 Å². The molecule has 2 aromatic rings. The molecule has 0 fully saturated rings. The molecule has 1 aromatic carbocycles. The quantitative estimate of drug-likeness (QED) is 0.885. The van der Waals surface area contributed by atoms with Crippen LogP contribution in [0.4, 0.5) is 5.13 Å². The van der Waals surface area contributed by atoms with Crippen LogP contribution in [0, 0.1) is 13.8 Å². The van der Waals surface area contributed by atoms with Crippen LogP contribution in [-0.4, -0.2) is 13.4 Å². The summed E-state index contributed by atoms with van der Waals surface area (Å²) in [6.45, 7) is 5.66. The van der Waals surface area contributed by atoms with E-state index in [0.717, 1.165) is 23.4 Å². The number of hydrogen-bond donors (Lipinski definition) is 1. The van der Waals surface area contributed by atoms with Gasteiger partial charge in [0.05, 0.1) is 10.6 Å². The van der Waals surface area contributed by atoms with Gasteiger partial charge in [0.1, 0.15) is 0 Å². The molecule has 0 spiro atoms. The van der Waals surface area contributed by atoms with Crippen LogP contribution in [0.3, 0.4) is 0 Å². The lowest BCUT2D eigenvalue weighted by atomic mass is 10.2. The minimum absolute atomic E-state index is 0.180. The number of hydrogen-bond acceptors (Lipinski definition) is 4. The molecule has 0 radical (unpaired) electrons. The molecule has 4 nitrogen and oxygen atoms in total. The maximum atomic E-state index is 12.4. The molecule has 1 heterocycles. The van der Waals surface area contributed by atoms with E-state index in [-0.39, 0.29) is 4.90 Å². The van der Waals surface area contributed by atoms with Gasteiger partial charge in [-0.1, -0.05) is 31.0 Å². The highest BCUT2D eigenvalue weighted by Gasteiger charge is 2.20. The van der Waals surface area contributed by atoms with Crippen LogP contribution in [0.2, 0.25) is 5.02 Å². The first kappa shape index (κ1) is 16.3. The lowest BCUT2D eigenvalue weighted by molar-refractivity contribution is 0.600. The topological polar surface area (TPSA) is 59.1 Å². The van der Waals surface area contributed by atoms with Crippen molar-refractivity contribution in [1.29, 1.82) is 0 Å². The second kappa shape index (κ2) is 6.34. The van der Waals surface area contributed by atoms with E-state index in [4.69, 9.17) is 11.6 Å². The van der Waals surface area contributed by atoms with E-state index in [1.54, 1.807) is 19.1 Å². The summed E-state index contributed by atoms with van der Waals surface area (Å²) >= 11 is 7.37. The summed E-state index contributed by atoms with van der Waals surface area (Å²) in [5.41, 5.74) is 1.41. The summed E-state index contributed by atoms with van der Waals surface area (Å²) in [6, 6.07) is 4.83. The molecule has 0 saturated heterocycles. The number of rotatable bonds is 5. The van der Waals surface area contributed by atoms with Crippen molar-refractivity contribution in [2.75, 3.05) is 4.72 Å². The van der Waals surface area contributed by atoms with Crippen molar-refractivity contribution in [3.63, 3.8) is 0 Å². The summed E-state index contributed by atoms with van der Waals surface area (Å²) in [4.78, 5) is 5.58. The third-order valence-corrected chi connectivity index (χ3v) is 6.25. The third kappa shape index (κ3) is 3.56. The van der Waals surface area contributed by atoms with Gasteiger partial charge in [0.15, 0.2) is 5.13 Å². The molecule has 7 heteroatoms. The maximum absolute atomic E-state index is 12.4. The van der Waals surface area contributed by atoms with Gasteiger partial charge in [0.2, 0.25) is 0 Å². The standard InChI is InChI=1S/C14H17ClN2O2S2/c1-4-6-12-10(3)16-14(20-12)17-21(18,19)13-8-5-7-11(15)9(13)2/h5,7-8H,4,6H2,1-3H3,(H,16,17). The molecular weight excluding hydrogens is 328 g/mol. The van der Waals surface area contributed by atoms with E-state index in [0.29, 0.717) is 15.7 Å². The molecule has 0 amide bonds. The van der Waals surface area contributed by atoms with Crippen LogP contribution >= 0.6 is 22.9 Å². The molecule has 1 N–H and O–H groups in total. The fraction of sp³-hybridized carbons (Fsp3) is 0.357. The Bertz CT molecular complexity index is 754. The SMILES string of the molecule is CCCc1sc(NS(=O)(=O)c2cccc(Cl)c2C)nc1C. The Kier molecular flexibility index (Phi) is 4.91. The van der Waals surface area contributed by atoms with Crippen molar-refractivity contribution in [1.82, 2.24) is 4.98 Å². The van der Waals surface area contributed by atoms with Gasteiger partial charge in [0, 0.05) is 9.90 Å². The molecule has 0 aliphatic carbocycles. The van der Waals surface area contributed by atoms with E-state index in [1.807, 2.05) is 6.92 Å². The summed E-state index contributed by atoms with van der Waals surface area (Å²) in [5.74, 6) is 0. The number of nitrogens with one attached hydrogen (secondary N) is 1. The van der Waals surface area contributed by atoms with Gasteiger partial charge in [-0.2, -0.15) is 0 Å². The molecule has 0 saturated carbocycles. The molecule has 2 rings (SSSR count). The summed E-state index contributed by atoms with van der Waals surface area (Å²) in [5, 5.41) is 0.829. The monoisotopic (exact) mass is 344 g/mol. The molecule has 0 bridgehead atoms. The third-order valence-electron chi connectivity index (χ3n) is 3.10. The van der Waals surface area contributed by atoms with E-state index in [1.165, 1.54) is 17.4 Å². The van der Waals surface area contributed by atoms with Gasteiger partial charge in [-0.3, -0.25) is 4.72 Å². The number of aromatic nitrogens is 1. The van der Waals surface area contributed by atoms with Crippen LogP contribution in [0.15, 0.2) is 23.1 Å². The van der Waals surface area contributed by atoms with Crippen LogP contribution in [0.25, 0.3) is 0 Å². The van der Waals surface area contributed by atoms with Crippen molar-refractivity contribution in [3.05, 3.63) is 39.4 Å². The predicted octanol–water partition coefficient (Wildman–Crippen LogP) is 4.17. The van der Waals surface area contributed by atoms with Crippen molar-refractivity contribution in [2.24, 2.45) is 0 Å². The second-order valence-electron chi connectivity index (χ2n) is 4.75. The predicted molar refractivity (Wildman–Crippen MR) is 87.8 cm³/mol. The van der Waals surface area contributed by atoms with E-state index in [2.05, 4.69) is 16.6 Å². The summed E-state index contributed by atoms with van der Waals surface area (Å²) < 4.78 is 27.4. The van der Waals surface area contributed by atoms with Crippen LogP contribution < -0.4 is 4.72 Å². The minimum Gasteiger partial charge on any atom is -0.255 e. The first-order valence-electron chi connectivity index (χ1n) is 6.59. The number of thiazole rings is 1. The zero-order valence-corrected chi connectivity index (χ0v) is 14.5. The molecule has 1 aromatic heterocycles. The Morgan fingerprint density at radius 2 is 2.05 bits per heavy atom. The zero-order valence-electron chi connectivity index (χ0n) is 12.1. The fourth-order valence-electron chi connectivity index (χ4n) is 1.98. The summed E-state index contributed by atoms with van der Waals surface area (Å²) in [7, 11) is -3.67. The summed E-state index contributed by atoms with van der Waals surface area (Å²) in [6.07, 6.45) is 1.91. The van der Waals surface area contributed by atoms with E-state index >= 15 is 0 Å². The van der Waals surface area contributed by atoms with Gasteiger partial charge < -0.3 is 0 Å². The Morgan fingerprint density at radius 3 is 2.71 bits per heavy atom. The second-order valence-corrected chi connectivity index (χ2v) is 7.89. The Hall–Kier alpha value is -1.11. The highest BCUT2D eigenvalue weighted by atomic mass is 35.5. The molecule has 114 valence electrons. The lowest BCUT2D eigenvalue weighted by Gasteiger charge is -2.09. The highest BCUT2D eigenvalue weighted by molar-refractivity contribution is 7.93. The maximum Gasteiger partial charge on any atom is 0.263 e. The Balaban J connectivity index is 2.33. The zero-order chi connectivity index (χ0) is 15.6. The highest BCUT2D eigenvalue weighted by Crippen LogP contribution is 2.28. The van der Waals surface area contributed by atoms with Gasteiger partial charge in [-0.05, 0) is 38.0 Å². The van der Waals surface area contributed by atoms with Crippen LogP contribution in [0.1, 0.15) is 29.5 Å². The first-order valence-corrected chi connectivity index (χ1v) is 9.27. The number of nitrogens with zero attached hydrogens (tertiary/aromatic N) is 1. The van der Waals surface area contributed by atoms with Gasteiger partial charge in [-0.15, -0.1) is 11.3 Å². The average molecular weight is 345 g/mol. The van der Waals surface area contributed by atoms with Gasteiger partial charge >= 0.3 is 0 Å². The average Bonchev–Trinajstić information content (AvgIpc) is 2.72. The lowest BCUT2D eigenvalue weighted by Crippen LogP contribution is -2.14. The van der Waals surface area contributed by atoms with Crippen LogP contribution in [-0.2, 0) is 16.4 Å². The number of halogens is 1. The number of anilines is 1. The molecular formula is C14H17ClN2O2S2. The largest absolute Gasteiger partial charge is 0.263 e. The number of sulfonamides is 1. The first-order chi connectivity index (χ1) is 9.85. The smallest absolute Gasteiger partial charge is 0.255 e. The molecule has 21 heavy (non-hydrogen) atoms.